The van der Waals surface area contributed by atoms with Gasteiger partial charge >= 0.3 is 0 Å². The smallest absolute Gasteiger partial charge is 0.257 e. The number of ether oxygens (including phenoxy) is 1. The van der Waals surface area contributed by atoms with E-state index in [1.165, 1.54) is 0 Å². The second-order valence-electron chi connectivity index (χ2n) is 6.66. The van der Waals surface area contributed by atoms with Crippen LogP contribution >= 0.6 is 0 Å². The van der Waals surface area contributed by atoms with Crippen LogP contribution in [0, 0.1) is 0 Å². The number of rotatable bonds is 3. The average Bonchev–Trinajstić information content (AvgIpc) is 3.10. The lowest BCUT2D eigenvalue weighted by Crippen LogP contribution is -2.45. The second kappa shape index (κ2) is 6.76. The van der Waals surface area contributed by atoms with Gasteiger partial charge in [-0.1, -0.05) is 12.1 Å². The number of nitrogens with zero attached hydrogens (tertiary/aromatic N) is 3. The quantitative estimate of drug-likeness (QED) is 0.758. The van der Waals surface area contributed by atoms with Gasteiger partial charge in [-0.2, -0.15) is 5.10 Å². The lowest BCUT2D eigenvalue weighted by molar-refractivity contribution is -0.00545. The molecule has 1 aliphatic rings. The summed E-state index contributed by atoms with van der Waals surface area (Å²) in [6.07, 6.45) is 3.74. The highest BCUT2D eigenvalue weighted by Gasteiger charge is 2.23. The van der Waals surface area contributed by atoms with Gasteiger partial charge in [-0.05, 0) is 32.0 Å². The molecule has 7 heteroatoms. The zero-order chi connectivity index (χ0) is 18.1. The number of aromatic nitrogens is 3. The highest BCUT2D eigenvalue weighted by molar-refractivity contribution is 6.11. The van der Waals surface area contributed by atoms with Gasteiger partial charge in [0.25, 0.3) is 5.91 Å². The van der Waals surface area contributed by atoms with E-state index in [2.05, 4.69) is 39.2 Å². The summed E-state index contributed by atoms with van der Waals surface area (Å²) in [7, 11) is 0. The Morgan fingerprint density at radius 1 is 1.19 bits per heavy atom. The largest absolute Gasteiger partial charge is 0.372 e. The first kappa shape index (κ1) is 16.5. The molecule has 0 unspecified atom stereocenters. The number of morpholine rings is 1. The third-order valence-corrected chi connectivity index (χ3v) is 4.47. The van der Waals surface area contributed by atoms with E-state index < -0.39 is 0 Å². The molecule has 2 atom stereocenters. The van der Waals surface area contributed by atoms with Crippen LogP contribution < -0.4 is 10.2 Å². The highest BCUT2D eigenvalue weighted by atomic mass is 16.5. The van der Waals surface area contributed by atoms with Crippen LogP contribution in [0.15, 0.2) is 42.7 Å². The SMILES string of the molecule is C[C@@H]1CN(c2ccc(NC(=O)c3cccc4cn[nH]c34)cn2)C[C@@H](C)O1. The average molecular weight is 351 g/mol. The molecule has 26 heavy (non-hydrogen) atoms. The van der Waals surface area contributed by atoms with Gasteiger partial charge < -0.3 is 15.0 Å². The van der Waals surface area contributed by atoms with Gasteiger partial charge in [-0.15, -0.1) is 0 Å². The zero-order valence-electron chi connectivity index (χ0n) is 14.8. The Kier molecular flexibility index (Phi) is 4.30. The Labute approximate surface area is 151 Å². The van der Waals surface area contributed by atoms with E-state index >= 15 is 0 Å². The topological polar surface area (TPSA) is 83.1 Å². The number of aromatic amines is 1. The van der Waals surface area contributed by atoms with Crippen molar-refractivity contribution in [3.05, 3.63) is 48.3 Å². The predicted octanol–water partition coefficient (Wildman–Crippen LogP) is 2.82. The summed E-state index contributed by atoms with van der Waals surface area (Å²) in [5, 5.41) is 10.7. The first-order chi connectivity index (χ1) is 12.6. The van der Waals surface area contributed by atoms with E-state index in [9.17, 15) is 4.79 Å². The van der Waals surface area contributed by atoms with Gasteiger partial charge in [-0.3, -0.25) is 9.89 Å². The summed E-state index contributed by atoms with van der Waals surface area (Å²) < 4.78 is 5.76. The molecule has 1 fully saturated rings. The van der Waals surface area contributed by atoms with Gasteiger partial charge in [-0.25, -0.2) is 4.98 Å². The summed E-state index contributed by atoms with van der Waals surface area (Å²) in [6.45, 7) is 5.75. The Morgan fingerprint density at radius 2 is 2.00 bits per heavy atom. The predicted molar refractivity (Wildman–Crippen MR) is 101 cm³/mol. The molecule has 1 aromatic carbocycles. The van der Waals surface area contributed by atoms with Gasteiger partial charge in [0, 0.05) is 18.5 Å². The number of nitrogens with one attached hydrogen (secondary N) is 2. The molecule has 2 aromatic heterocycles. The molecule has 134 valence electrons. The number of benzene rings is 1. The molecule has 0 aliphatic carbocycles. The lowest BCUT2D eigenvalue weighted by Gasteiger charge is -2.36. The number of fused-ring (bicyclic) bond motifs is 1. The number of H-pyrrole nitrogens is 1. The monoisotopic (exact) mass is 351 g/mol. The van der Waals surface area contributed by atoms with Crippen LogP contribution in [0.5, 0.6) is 0 Å². The molecule has 1 aliphatic heterocycles. The molecule has 0 spiro atoms. The summed E-state index contributed by atoms with van der Waals surface area (Å²) in [5.41, 5.74) is 1.94. The normalized spacial score (nSPS) is 20.3. The maximum absolute atomic E-state index is 12.6. The maximum atomic E-state index is 12.6. The fourth-order valence-corrected chi connectivity index (χ4v) is 3.37. The van der Waals surface area contributed by atoms with Gasteiger partial charge in [0.1, 0.15) is 5.82 Å². The van der Waals surface area contributed by atoms with Crippen molar-refractivity contribution >= 4 is 28.3 Å². The molecule has 3 aromatic rings. The van der Waals surface area contributed by atoms with Crippen LogP contribution in [0.1, 0.15) is 24.2 Å². The van der Waals surface area contributed by atoms with Crippen molar-refractivity contribution in [2.75, 3.05) is 23.3 Å². The van der Waals surface area contributed by atoms with Crippen molar-refractivity contribution in [1.82, 2.24) is 15.2 Å². The van der Waals surface area contributed by atoms with Gasteiger partial charge in [0.15, 0.2) is 0 Å². The second-order valence-corrected chi connectivity index (χ2v) is 6.66. The molecule has 1 amide bonds. The van der Waals surface area contributed by atoms with Crippen LogP contribution in [-0.2, 0) is 4.74 Å². The summed E-state index contributed by atoms with van der Waals surface area (Å²) in [5.74, 6) is 0.698. The fourth-order valence-electron chi connectivity index (χ4n) is 3.37. The molecule has 2 N–H and O–H groups in total. The van der Waals surface area contributed by atoms with Crippen LogP contribution in [0.25, 0.3) is 10.9 Å². The zero-order valence-corrected chi connectivity index (χ0v) is 14.8. The lowest BCUT2D eigenvalue weighted by atomic mass is 10.1. The Morgan fingerprint density at radius 3 is 2.73 bits per heavy atom. The standard InChI is InChI=1S/C19H21N5O2/c1-12-10-24(11-13(2)26-12)17-7-6-15(9-20-17)22-19(25)16-5-3-4-14-8-21-23-18(14)16/h3-9,12-13H,10-11H2,1-2H3,(H,21,23)(H,22,25)/t12-,13-/m1/s1. The van der Waals surface area contributed by atoms with E-state index in [0.29, 0.717) is 11.3 Å². The van der Waals surface area contributed by atoms with Crippen LogP contribution in [0.4, 0.5) is 11.5 Å². The Hall–Kier alpha value is -2.93. The van der Waals surface area contributed by atoms with Crippen LogP contribution in [-0.4, -0.2) is 46.4 Å². The molecule has 7 nitrogen and oxygen atoms in total. The number of hydrogen-bond donors (Lipinski definition) is 2. The van der Waals surface area contributed by atoms with Crippen molar-refractivity contribution in [2.45, 2.75) is 26.1 Å². The van der Waals surface area contributed by atoms with Gasteiger partial charge in [0.05, 0.1) is 41.4 Å². The first-order valence-corrected chi connectivity index (χ1v) is 8.70. The fraction of sp³-hybridized carbons (Fsp3) is 0.316. The highest BCUT2D eigenvalue weighted by Crippen LogP contribution is 2.21. The third-order valence-electron chi connectivity index (χ3n) is 4.47. The summed E-state index contributed by atoms with van der Waals surface area (Å²) in [6, 6.07) is 9.33. The minimum absolute atomic E-state index is 0.176. The van der Waals surface area contributed by atoms with E-state index in [-0.39, 0.29) is 18.1 Å². The van der Waals surface area contributed by atoms with Gasteiger partial charge in [0.2, 0.25) is 0 Å². The number of pyridine rings is 1. The van der Waals surface area contributed by atoms with Crippen molar-refractivity contribution in [1.29, 1.82) is 0 Å². The van der Waals surface area contributed by atoms with Crippen molar-refractivity contribution in [3.63, 3.8) is 0 Å². The number of anilines is 2. The Balaban J connectivity index is 1.49. The van der Waals surface area contributed by atoms with E-state index in [0.717, 1.165) is 29.8 Å². The number of amides is 1. The minimum atomic E-state index is -0.192. The van der Waals surface area contributed by atoms with Crippen molar-refractivity contribution in [3.8, 4) is 0 Å². The molecule has 1 saturated heterocycles. The molecule has 3 heterocycles. The maximum Gasteiger partial charge on any atom is 0.257 e. The van der Waals surface area contributed by atoms with E-state index in [1.54, 1.807) is 18.5 Å². The van der Waals surface area contributed by atoms with Crippen LogP contribution in [0.2, 0.25) is 0 Å². The van der Waals surface area contributed by atoms with Crippen LogP contribution in [0.3, 0.4) is 0 Å². The number of para-hydroxylation sites is 1. The molecular weight excluding hydrogens is 330 g/mol. The van der Waals surface area contributed by atoms with Crippen molar-refractivity contribution < 1.29 is 9.53 Å². The third kappa shape index (κ3) is 3.25. The van der Waals surface area contributed by atoms with E-state index in [1.807, 2.05) is 24.3 Å². The minimum Gasteiger partial charge on any atom is -0.372 e. The molecule has 0 radical (unpaired) electrons. The molecular formula is C19H21N5O2. The molecule has 0 bridgehead atoms. The number of carbonyl (C=O) groups excluding carboxylic acids is 1. The van der Waals surface area contributed by atoms with E-state index in [4.69, 9.17) is 4.74 Å². The molecule has 0 saturated carbocycles. The summed E-state index contributed by atoms with van der Waals surface area (Å²) >= 11 is 0. The number of hydrogen-bond acceptors (Lipinski definition) is 5. The Bertz CT molecular complexity index is 911. The summed E-state index contributed by atoms with van der Waals surface area (Å²) in [4.78, 5) is 19.3. The molecule has 4 rings (SSSR count). The number of carbonyl (C=O) groups is 1. The first-order valence-electron chi connectivity index (χ1n) is 8.70. The van der Waals surface area contributed by atoms with Crippen molar-refractivity contribution in [2.24, 2.45) is 0 Å².